The van der Waals surface area contributed by atoms with Gasteiger partial charge in [0.05, 0.1) is 19.1 Å². The van der Waals surface area contributed by atoms with Crippen LogP contribution < -0.4 is 4.74 Å². The van der Waals surface area contributed by atoms with Gasteiger partial charge in [-0.15, -0.1) is 0 Å². The molecule has 0 aliphatic rings. The Hall–Kier alpha value is -1.51. The zero-order valence-electron chi connectivity index (χ0n) is 15.7. The Morgan fingerprint density at radius 1 is 1.17 bits per heavy atom. The molecule has 0 bridgehead atoms. The molecule has 0 saturated carbocycles. The first kappa shape index (κ1) is 19.5. The maximum atomic E-state index is 13.0. The summed E-state index contributed by atoms with van der Waals surface area (Å²) < 4.78 is 11.0. The molecule has 0 aromatic heterocycles. The van der Waals surface area contributed by atoms with Crippen molar-refractivity contribution in [3.8, 4) is 5.75 Å². The third kappa shape index (κ3) is 4.49. The van der Waals surface area contributed by atoms with Crippen LogP contribution in [0, 0.1) is 16.7 Å². The van der Waals surface area contributed by atoms with Crippen LogP contribution in [-0.2, 0) is 16.0 Å². The molecule has 0 aliphatic carbocycles. The zero-order valence-corrected chi connectivity index (χ0v) is 15.7. The molecule has 0 heterocycles. The zero-order chi connectivity index (χ0) is 17.7. The molecule has 0 fully saturated rings. The summed E-state index contributed by atoms with van der Waals surface area (Å²) in [6.07, 6.45) is 1.41. The predicted octanol–water partition coefficient (Wildman–Crippen LogP) is 4.88. The number of carbonyl (C=O) groups excluding carboxylic acids is 1. The van der Waals surface area contributed by atoms with Gasteiger partial charge in [-0.2, -0.15) is 0 Å². The Bertz CT molecular complexity index is 514. The molecule has 0 aliphatic heterocycles. The number of carbonyl (C=O) groups is 1. The third-order valence-electron chi connectivity index (χ3n) is 4.54. The first-order valence-corrected chi connectivity index (χ1v) is 8.47. The van der Waals surface area contributed by atoms with Gasteiger partial charge in [-0.3, -0.25) is 4.79 Å². The number of ether oxygens (including phenoxy) is 2. The molecule has 0 saturated heterocycles. The smallest absolute Gasteiger partial charge is 0.312 e. The van der Waals surface area contributed by atoms with Gasteiger partial charge in [0.1, 0.15) is 5.75 Å². The fourth-order valence-corrected chi connectivity index (χ4v) is 3.25. The van der Waals surface area contributed by atoms with Crippen LogP contribution >= 0.6 is 0 Å². The Balaban J connectivity index is 3.39. The lowest BCUT2D eigenvalue weighted by Gasteiger charge is -2.44. The summed E-state index contributed by atoms with van der Waals surface area (Å²) in [5.74, 6) is 1.12. The lowest BCUT2D eigenvalue weighted by Crippen LogP contribution is -2.47. The van der Waals surface area contributed by atoms with E-state index in [4.69, 9.17) is 9.47 Å². The highest BCUT2D eigenvalue weighted by atomic mass is 16.5. The fourth-order valence-electron chi connectivity index (χ4n) is 3.25. The summed E-state index contributed by atoms with van der Waals surface area (Å²) in [4.78, 5) is 13.0. The highest BCUT2D eigenvalue weighted by Crippen LogP contribution is 2.48. The Morgan fingerprint density at radius 3 is 2.26 bits per heavy atom. The fraction of sp³-hybridized carbons (Fsp3) is 0.650. The van der Waals surface area contributed by atoms with E-state index in [1.807, 2.05) is 31.2 Å². The van der Waals surface area contributed by atoms with Crippen LogP contribution in [0.25, 0.3) is 0 Å². The summed E-state index contributed by atoms with van der Waals surface area (Å²) in [7, 11) is 1.67. The van der Waals surface area contributed by atoms with Gasteiger partial charge in [0, 0.05) is 0 Å². The lowest BCUT2D eigenvalue weighted by atomic mass is 9.60. The SMILES string of the molecule is CCOC(=O)C(Cc1ccccc1OC)(CC(C)C)C(C)(C)C. The third-order valence-corrected chi connectivity index (χ3v) is 4.54. The number of rotatable bonds is 7. The van der Waals surface area contributed by atoms with Crippen molar-refractivity contribution in [3.63, 3.8) is 0 Å². The molecule has 1 unspecified atom stereocenters. The van der Waals surface area contributed by atoms with E-state index < -0.39 is 5.41 Å². The molecule has 0 radical (unpaired) electrons. The van der Waals surface area contributed by atoms with E-state index >= 15 is 0 Å². The number of esters is 1. The monoisotopic (exact) mass is 320 g/mol. The summed E-state index contributed by atoms with van der Waals surface area (Å²) in [5, 5.41) is 0. The van der Waals surface area contributed by atoms with Gasteiger partial charge in [-0.05, 0) is 42.7 Å². The Labute approximate surface area is 141 Å². The molecule has 130 valence electrons. The van der Waals surface area contributed by atoms with Gasteiger partial charge in [-0.25, -0.2) is 0 Å². The van der Waals surface area contributed by atoms with Crippen LogP contribution in [-0.4, -0.2) is 19.7 Å². The second kappa shape index (κ2) is 7.85. The van der Waals surface area contributed by atoms with Crippen LogP contribution in [0.4, 0.5) is 0 Å². The predicted molar refractivity (Wildman–Crippen MR) is 94.7 cm³/mol. The maximum Gasteiger partial charge on any atom is 0.312 e. The minimum absolute atomic E-state index is 0.105. The summed E-state index contributed by atoms with van der Waals surface area (Å²) in [6, 6.07) is 7.93. The van der Waals surface area contributed by atoms with E-state index in [-0.39, 0.29) is 11.4 Å². The quantitative estimate of drug-likeness (QED) is 0.672. The van der Waals surface area contributed by atoms with Crippen molar-refractivity contribution in [2.75, 3.05) is 13.7 Å². The topological polar surface area (TPSA) is 35.5 Å². The maximum absolute atomic E-state index is 13.0. The molecular weight excluding hydrogens is 288 g/mol. The molecule has 23 heavy (non-hydrogen) atoms. The molecule has 3 heteroatoms. The van der Waals surface area contributed by atoms with Crippen molar-refractivity contribution in [3.05, 3.63) is 29.8 Å². The van der Waals surface area contributed by atoms with Crippen LogP contribution in [0.2, 0.25) is 0 Å². The van der Waals surface area contributed by atoms with E-state index in [1.165, 1.54) is 0 Å². The largest absolute Gasteiger partial charge is 0.496 e. The van der Waals surface area contributed by atoms with Crippen molar-refractivity contribution in [1.29, 1.82) is 0 Å². The van der Waals surface area contributed by atoms with E-state index in [0.717, 1.165) is 17.7 Å². The number of methoxy groups -OCH3 is 1. The van der Waals surface area contributed by atoms with Crippen LogP contribution in [0.3, 0.4) is 0 Å². The van der Waals surface area contributed by atoms with Crippen LogP contribution in [0.15, 0.2) is 24.3 Å². The van der Waals surface area contributed by atoms with E-state index in [9.17, 15) is 4.79 Å². The normalized spacial score (nSPS) is 14.4. The van der Waals surface area contributed by atoms with Crippen molar-refractivity contribution in [1.82, 2.24) is 0 Å². The van der Waals surface area contributed by atoms with Gasteiger partial charge in [0.15, 0.2) is 0 Å². The van der Waals surface area contributed by atoms with Gasteiger partial charge in [0.25, 0.3) is 0 Å². The van der Waals surface area contributed by atoms with Crippen LogP contribution in [0.5, 0.6) is 5.75 Å². The van der Waals surface area contributed by atoms with Crippen LogP contribution in [0.1, 0.15) is 53.5 Å². The standard InChI is InChI=1S/C20H32O3/c1-8-23-18(21)20(13-15(2)3,19(4,5)6)14-16-11-9-10-12-17(16)22-7/h9-12,15H,8,13-14H2,1-7H3. The van der Waals surface area contributed by atoms with E-state index in [0.29, 0.717) is 18.9 Å². The molecule has 1 aromatic carbocycles. The average molecular weight is 320 g/mol. The van der Waals surface area contributed by atoms with Crippen molar-refractivity contribution in [2.24, 2.45) is 16.7 Å². The average Bonchev–Trinajstić information content (AvgIpc) is 2.45. The molecule has 3 nitrogen and oxygen atoms in total. The molecular formula is C20H32O3. The minimum atomic E-state index is -0.578. The highest BCUT2D eigenvalue weighted by molar-refractivity contribution is 5.78. The number of hydrogen-bond donors (Lipinski definition) is 0. The molecule has 0 amide bonds. The van der Waals surface area contributed by atoms with Gasteiger partial charge in [0.2, 0.25) is 0 Å². The van der Waals surface area contributed by atoms with Crippen molar-refractivity contribution >= 4 is 5.97 Å². The first-order chi connectivity index (χ1) is 10.7. The summed E-state index contributed by atoms with van der Waals surface area (Å²) in [6.45, 7) is 13.0. The molecule has 0 spiro atoms. The summed E-state index contributed by atoms with van der Waals surface area (Å²) >= 11 is 0. The molecule has 1 atom stereocenters. The second-order valence-electron chi connectivity index (χ2n) is 7.64. The highest BCUT2D eigenvalue weighted by Gasteiger charge is 2.50. The number of benzene rings is 1. The van der Waals surface area contributed by atoms with E-state index in [1.54, 1.807) is 7.11 Å². The summed E-state index contributed by atoms with van der Waals surface area (Å²) in [5.41, 5.74) is 0.259. The minimum Gasteiger partial charge on any atom is -0.496 e. The lowest BCUT2D eigenvalue weighted by molar-refractivity contribution is -0.164. The van der Waals surface area contributed by atoms with Crippen molar-refractivity contribution < 1.29 is 14.3 Å². The Morgan fingerprint density at radius 2 is 1.78 bits per heavy atom. The molecule has 0 N–H and O–H groups in total. The van der Waals surface area contributed by atoms with Gasteiger partial charge >= 0.3 is 5.97 Å². The van der Waals surface area contributed by atoms with Gasteiger partial charge < -0.3 is 9.47 Å². The Kier molecular flexibility index (Phi) is 6.67. The first-order valence-electron chi connectivity index (χ1n) is 8.47. The molecule has 1 rings (SSSR count). The van der Waals surface area contributed by atoms with Crippen molar-refractivity contribution in [2.45, 2.75) is 54.4 Å². The second-order valence-corrected chi connectivity index (χ2v) is 7.64. The molecule has 1 aromatic rings. The van der Waals surface area contributed by atoms with Gasteiger partial charge in [-0.1, -0.05) is 52.8 Å². The number of hydrogen-bond acceptors (Lipinski definition) is 3. The number of para-hydroxylation sites is 1. The van der Waals surface area contributed by atoms with E-state index in [2.05, 4.69) is 34.6 Å².